The molecule has 2 heterocycles. The van der Waals surface area contributed by atoms with Crippen molar-refractivity contribution in [2.45, 2.75) is 25.8 Å². The van der Waals surface area contributed by atoms with Gasteiger partial charge in [0, 0.05) is 36.2 Å². The van der Waals surface area contributed by atoms with Crippen LogP contribution in [0.1, 0.15) is 18.1 Å². The van der Waals surface area contributed by atoms with Gasteiger partial charge in [-0.2, -0.15) is 0 Å². The Labute approximate surface area is 134 Å². The van der Waals surface area contributed by atoms with Crippen LogP contribution >= 0.6 is 11.6 Å². The van der Waals surface area contributed by atoms with Crippen molar-refractivity contribution in [2.75, 3.05) is 4.90 Å². The van der Waals surface area contributed by atoms with Gasteiger partial charge in [0.25, 0.3) is 0 Å². The summed E-state index contributed by atoms with van der Waals surface area (Å²) in [7, 11) is 0. The predicted molar refractivity (Wildman–Crippen MR) is 89.3 cm³/mol. The van der Waals surface area contributed by atoms with E-state index in [1.54, 1.807) is 6.92 Å². The number of fused-ring (bicyclic) bond motifs is 2. The summed E-state index contributed by atoms with van der Waals surface area (Å²) in [6.45, 7) is 1.62. The minimum atomic E-state index is 0.0149. The molecule has 3 nitrogen and oxygen atoms in total. The van der Waals surface area contributed by atoms with Gasteiger partial charge in [-0.05, 0) is 29.3 Å². The number of hydrogen-bond acceptors (Lipinski definition) is 2. The van der Waals surface area contributed by atoms with Gasteiger partial charge in [0.1, 0.15) is 0 Å². The molecule has 2 aliphatic heterocycles. The molecule has 22 heavy (non-hydrogen) atoms. The zero-order chi connectivity index (χ0) is 15.3. The van der Waals surface area contributed by atoms with Gasteiger partial charge in [0.15, 0.2) is 0 Å². The van der Waals surface area contributed by atoms with Crippen LogP contribution in [-0.4, -0.2) is 17.7 Å². The Morgan fingerprint density at radius 1 is 1.23 bits per heavy atom. The molecule has 2 aromatic rings. The fourth-order valence-electron chi connectivity index (χ4n) is 3.41. The number of rotatable bonds is 1. The van der Waals surface area contributed by atoms with Crippen LogP contribution < -0.4 is 4.90 Å². The van der Waals surface area contributed by atoms with Crippen LogP contribution in [0.15, 0.2) is 47.5 Å². The van der Waals surface area contributed by atoms with Gasteiger partial charge in [0.05, 0.1) is 11.7 Å². The minimum absolute atomic E-state index is 0.0149. The molecule has 4 rings (SSSR count). The van der Waals surface area contributed by atoms with Gasteiger partial charge in [0.2, 0.25) is 5.91 Å². The van der Waals surface area contributed by atoms with Crippen molar-refractivity contribution in [1.29, 1.82) is 0 Å². The molecule has 110 valence electrons. The highest BCUT2D eigenvalue weighted by Crippen LogP contribution is 2.37. The molecule has 1 unspecified atom stereocenters. The van der Waals surface area contributed by atoms with Crippen molar-refractivity contribution in [2.24, 2.45) is 4.99 Å². The average molecular weight is 311 g/mol. The van der Waals surface area contributed by atoms with E-state index < -0.39 is 0 Å². The Hall–Kier alpha value is -2.13. The largest absolute Gasteiger partial charge is 0.303 e. The molecule has 1 amide bonds. The van der Waals surface area contributed by atoms with E-state index in [2.05, 4.69) is 6.07 Å². The van der Waals surface area contributed by atoms with E-state index in [0.29, 0.717) is 5.02 Å². The van der Waals surface area contributed by atoms with E-state index in [4.69, 9.17) is 16.6 Å². The lowest BCUT2D eigenvalue weighted by atomic mass is 10.0. The number of carbonyl (C=O) groups is 1. The number of benzene rings is 2. The van der Waals surface area contributed by atoms with E-state index in [1.807, 2.05) is 41.3 Å². The third-order valence-corrected chi connectivity index (χ3v) is 4.62. The third-order valence-electron chi connectivity index (χ3n) is 4.38. The van der Waals surface area contributed by atoms with Crippen LogP contribution in [0.3, 0.4) is 0 Å². The predicted octanol–water partition coefficient (Wildman–Crippen LogP) is 3.95. The van der Waals surface area contributed by atoms with Crippen molar-refractivity contribution >= 4 is 34.6 Å². The zero-order valence-electron chi connectivity index (χ0n) is 12.2. The Bertz CT molecular complexity index is 812. The molecular weight excluding hydrogens is 296 g/mol. The third kappa shape index (κ3) is 2.04. The first-order chi connectivity index (χ1) is 10.6. The molecule has 2 aromatic carbocycles. The molecule has 0 bridgehead atoms. The molecule has 4 heteroatoms. The van der Waals surface area contributed by atoms with Crippen molar-refractivity contribution in [3.63, 3.8) is 0 Å². The SMILES string of the molecule is CC(=O)N1c2ccccc2CC1C1=Nc2cc(Cl)ccc2C1. The standard InChI is InChI=1S/C18H15ClN2O/c1-11(22)21-17-5-3-2-4-13(17)9-18(21)16-8-12-6-7-14(19)10-15(12)20-16/h2-7,10,18H,8-9H2,1H3. The highest BCUT2D eigenvalue weighted by Gasteiger charge is 2.36. The number of anilines is 1. The summed E-state index contributed by atoms with van der Waals surface area (Å²) >= 11 is 6.05. The van der Waals surface area contributed by atoms with Gasteiger partial charge in [-0.25, -0.2) is 0 Å². The number of aliphatic imine (C=N–C) groups is 1. The minimum Gasteiger partial charge on any atom is -0.303 e. The van der Waals surface area contributed by atoms with Crippen molar-refractivity contribution in [3.05, 3.63) is 58.6 Å². The lowest BCUT2D eigenvalue weighted by Crippen LogP contribution is -2.41. The van der Waals surface area contributed by atoms with Crippen LogP contribution in [0.2, 0.25) is 5.02 Å². The normalized spacial score (nSPS) is 18.9. The Morgan fingerprint density at radius 2 is 2.05 bits per heavy atom. The van der Waals surface area contributed by atoms with Crippen LogP contribution in [0.4, 0.5) is 11.4 Å². The van der Waals surface area contributed by atoms with Gasteiger partial charge in [-0.3, -0.25) is 9.79 Å². The number of amides is 1. The maximum atomic E-state index is 12.2. The monoisotopic (exact) mass is 310 g/mol. The van der Waals surface area contributed by atoms with Crippen molar-refractivity contribution in [1.82, 2.24) is 0 Å². The average Bonchev–Trinajstić information content (AvgIpc) is 3.06. The van der Waals surface area contributed by atoms with E-state index in [1.165, 1.54) is 11.1 Å². The summed E-state index contributed by atoms with van der Waals surface area (Å²) in [6, 6.07) is 13.9. The summed E-state index contributed by atoms with van der Waals surface area (Å²) in [5, 5.41) is 0.696. The smallest absolute Gasteiger partial charge is 0.224 e. The first kappa shape index (κ1) is 13.5. The molecule has 1 atom stereocenters. The fourth-order valence-corrected chi connectivity index (χ4v) is 3.58. The van der Waals surface area contributed by atoms with Crippen LogP contribution in [-0.2, 0) is 17.6 Å². The molecular formula is C18H15ClN2O. The number of nitrogens with zero attached hydrogens (tertiary/aromatic N) is 2. The zero-order valence-corrected chi connectivity index (χ0v) is 13.0. The number of para-hydroxylation sites is 1. The van der Waals surface area contributed by atoms with E-state index in [0.717, 1.165) is 29.9 Å². The lowest BCUT2D eigenvalue weighted by Gasteiger charge is -2.24. The fraction of sp³-hybridized carbons (Fsp3) is 0.222. The molecule has 0 radical (unpaired) electrons. The van der Waals surface area contributed by atoms with Crippen molar-refractivity contribution in [3.8, 4) is 0 Å². The van der Waals surface area contributed by atoms with E-state index in [9.17, 15) is 4.79 Å². The Morgan fingerprint density at radius 3 is 2.86 bits per heavy atom. The number of halogens is 1. The second-order valence-corrected chi connectivity index (χ2v) is 6.23. The Kier molecular flexibility index (Phi) is 3.05. The second-order valence-electron chi connectivity index (χ2n) is 5.79. The second kappa shape index (κ2) is 4.96. The first-order valence-corrected chi connectivity index (χ1v) is 7.75. The highest BCUT2D eigenvalue weighted by molar-refractivity contribution is 6.31. The van der Waals surface area contributed by atoms with Gasteiger partial charge in [-0.15, -0.1) is 0 Å². The Balaban J connectivity index is 1.73. The molecule has 0 aromatic heterocycles. The molecule has 0 saturated carbocycles. The maximum absolute atomic E-state index is 12.2. The molecule has 0 fully saturated rings. The maximum Gasteiger partial charge on any atom is 0.224 e. The molecule has 0 N–H and O–H groups in total. The van der Waals surface area contributed by atoms with Crippen LogP contribution in [0.25, 0.3) is 0 Å². The first-order valence-electron chi connectivity index (χ1n) is 7.37. The van der Waals surface area contributed by atoms with Gasteiger partial charge < -0.3 is 4.90 Å². The summed E-state index contributed by atoms with van der Waals surface area (Å²) in [4.78, 5) is 18.8. The quantitative estimate of drug-likeness (QED) is 0.785. The summed E-state index contributed by atoms with van der Waals surface area (Å²) in [5.41, 5.74) is 5.38. The van der Waals surface area contributed by atoms with E-state index in [-0.39, 0.29) is 11.9 Å². The number of carbonyl (C=O) groups excluding carboxylic acids is 1. The molecule has 0 spiro atoms. The highest BCUT2D eigenvalue weighted by atomic mass is 35.5. The molecule has 0 aliphatic carbocycles. The summed E-state index contributed by atoms with van der Waals surface area (Å²) in [6.07, 6.45) is 1.62. The molecule has 2 aliphatic rings. The lowest BCUT2D eigenvalue weighted by molar-refractivity contribution is -0.116. The van der Waals surface area contributed by atoms with Gasteiger partial charge in [-0.1, -0.05) is 35.9 Å². The molecule has 0 saturated heterocycles. The van der Waals surface area contributed by atoms with Crippen LogP contribution in [0, 0.1) is 0 Å². The summed E-state index contributed by atoms with van der Waals surface area (Å²) < 4.78 is 0. The van der Waals surface area contributed by atoms with Gasteiger partial charge >= 0.3 is 0 Å². The topological polar surface area (TPSA) is 32.7 Å². The summed E-state index contributed by atoms with van der Waals surface area (Å²) in [5.74, 6) is 0.0617. The van der Waals surface area contributed by atoms with Crippen molar-refractivity contribution < 1.29 is 4.79 Å². The number of hydrogen-bond donors (Lipinski definition) is 0. The van der Waals surface area contributed by atoms with Crippen LogP contribution in [0.5, 0.6) is 0 Å². The van der Waals surface area contributed by atoms with E-state index >= 15 is 0 Å².